The topological polar surface area (TPSA) is 142 Å². The van der Waals surface area contributed by atoms with Crippen molar-refractivity contribution in [3.05, 3.63) is 0 Å². The van der Waals surface area contributed by atoms with Crippen LogP contribution in [0.5, 0.6) is 0 Å². The van der Waals surface area contributed by atoms with Gasteiger partial charge in [-0.15, -0.1) is 0 Å². The number of methoxy groups -OCH3 is 1. The molecule has 0 rings (SSSR count). The van der Waals surface area contributed by atoms with Gasteiger partial charge in [0.15, 0.2) is 0 Å². The molecular formula is C12H20N2O7S. The second-order valence-corrected chi connectivity index (χ2v) is 5.28. The van der Waals surface area contributed by atoms with Crippen LogP contribution >= 0.6 is 11.8 Å². The highest BCUT2D eigenvalue weighted by Gasteiger charge is 2.25. The summed E-state index contributed by atoms with van der Waals surface area (Å²) in [7, 11) is 1.18. The molecule has 126 valence electrons. The highest BCUT2D eigenvalue weighted by molar-refractivity contribution is 7.98. The van der Waals surface area contributed by atoms with E-state index in [-0.39, 0.29) is 6.42 Å². The lowest BCUT2D eigenvalue weighted by molar-refractivity contribution is -0.143. The predicted molar refractivity (Wildman–Crippen MR) is 78.8 cm³/mol. The smallest absolute Gasteiger partial charge is 0.328 e. The number of nitrogens with one attached hydrogen (secondary N) is 2. The van der Waals surface area contributed by atoms with Gasteiger partial charge in [0.25, 0.3) is 0 Å². The molecule has 0 aliphatic carbocycles. The highest BCUT2D eigenvalue weighted by Crippen LogP contribution is 2.03. The molecule has 0 radical (unpaired) electrons. The molecule has 0 aromatic carbocycles. The minimum absolute atomic E-state index is 0.258. The number of thioether (sulfide) groups is 1. The molecular weight excluding hydrogens is 316 g/mol. The Morgan fingerprint density at radius 2 is 1.68 bits per heavy atom. The molecule has 22 heavy (non-hydrogen) atoms. The van der Waals surface area contributed by atoms with Gasteiger partial charge in [-0.25, -0.2) is 14.4 Å². The number of carboxylic acids is 2. The van der Waals surface area contributed by atoms with Crippen LogP contribution in [0.3, 0.4) is 0 Å². The molecule has 2 atom stereocenters. The molecule has 0 aliphatic rings. The van der Waals surface area contributed by atoms with Crippen molar-refractivity contribution in [1.82, 2.24) is 10.6 Å². The Morgan fingerprint density at radius 3 is 2.14 bits per heavy atom. The quantitative estimate of drug-likeness (QED) is 0.405. The van der Waals surface area contributed by atoms with E-state index in [9.17, 15) is 19.2 Å². The molecule has 0 aliphatic heterocycles. The second kappa shape index (κ2) is 10.7. The minimum Gasteiger partial charge on any atom is -0.481 e. The van der Waals surface area contributed by atoms with Crippen LogP contribution in [0.25, 0.3) is 0 Å². The first-order valence-electron chi connectivity index (χ1n) is 6.40. The maximum atomic E-state index is 11.7. The summed E-state index contributed by atoms with van der Waals surface area (Å²) < 4.78 is 4.56. The third kappa shape index (κ3) is 8.35. The highest BCUT2D eigenvalue weighted by atomic mass is 32.2. The number of amides is 2. The Balaban J connectivity index is 4.59. The van der Waals surface area contributed by atoms with Gasteiger partial charge in [0, 0.05) is 6.42 Å². The molecule has 4 N–H and O–H groups in total. The molecule has 0 saturated carbocycles. The van der Waals surface area contributed by atoms with E-state index < -0.39 is 42.4 Å². The average molecular weight is 336 g/mol. The first-order valence-corrected chi connectivity index (χ1v) is 7.79. The average Bonchev–Trinajstić information content (AvgIpc) is 2.46. The van der Waals surface area contributed by atoms with Gasteiger partial charge in [-0.1, -0.05) is 0 Å². The fourth-order valence-electron chi connectivity index (χ4n) is 1.51. The summed E-state index contributed by atoms with van der Waals surface area (Å²) in [5, 5.41) is 21.9. The number of ether oxygens (including phenoxy) is 1. The van der Waals surface area contributed by atoms with E-state index in [0.717, 1.165) is 0 Å². The van der Waals surface area contributed by atoms with E-state index in [0.29, 0.717) is 12.2 Å². The molecule has 0 bridgehead atoms. The third-order valence-electron chi connectivity index (χ3n) is 2.65. The zero-order valence-electron chi connectivity index (χ0n) is 12.3. The molecule has 0 heterocycles. The van der Waals surface area contributed by atoms with Gasteiger partial charge >= 0.3 is 23.9 Å². The van der Waals surface area contributed by atoms with Crippen molar-refractivity contribution < 1.29 is 34.1 Å². The van der Waals surface area contributed by atoms with Crippen LogP contribution in [0.4, 0.5) is 4.79 Å². The number of aliphatic carboxylic acids is 2. The summed E-state index contributed by atoms with van der Waals surface area (Å²) in [5.41, 5.74) is 0. The predicted octanol–water partition coefficient (Wildman–Crippen LogP) is -0.102. The summed E-state index contributed by atoms with van der Waals surface area (Å²) in [6, 6.07) is -3.12. The zero-order chi connectivity index (χ0) is 17.1. The Labute approximate surface area is 131 Å². The van der Waals surface area contributed by atoms with Crippen molar-refractivity contribution in [1.29, 1.82) is 0 Å². The van der Waals surface area contributed by atoms with Crippen molar-refractivity contribution in [2.45, 2.75) is 31.3 Å². The molecule has 9 nitrogen and oxygen atoms in total. The molecule has 2 amide bonds. The molecule has 0 unspecified atom stereocenters. The molecule has 10 heteroatoms. The van der Waals surface area contributed by atoms with Crippen LogP contribution in [0.2, 0.25) is 0 Å². The first-order chi connectivity index (χ1) is 10.3. The normalized spacial score (nSPS) is 12.8. The molecule has 0 aromatic rings. The van der Waals surface area contributed by atoms with Crippen molar-refractivity contribution in [2.24, 2.45) is 0 Å². The minimum atomic E-state index is -1.35. The van der Waals surface area contributed by atoms with E-state index in [1.165, 1.54) is 18.9 Å². The molecule has 0 fully saturated rings. The van der Waals surface area contributed by atoms with Gasteiger partial charge in [0.1, 0.15) is 12.1 Å². The lowest BCUT2D eigenvalue weighted by Gasteiger charge is -2.19. The van der Waals surface area contributed by atoms with E-state index in [1.54, 1.807) is 0 Å². The van der Waals surface area contributed by atoms with E-state index >= 15 is 0 Å². The van der Waals surface area contributed by atoms with Gasteiger partial charge in [-0.05, 0) is 24.9 Å². The van der Waals surface area contributed by atoms with Gasteiger partial charge in [-0.3, -0.25) is 4.79 Å². The number of urea groups is 1. The summed E-state index contributed by atoms with van der Waals surface area (Å²) in [6.07, 6.45) is 1.50. The SMILES string of the molecule is COC(=O)[C@H](CCSC)NC(=O)N[C@@H](CCC(=O)O)C(=O)O. The summed E-state index contributed by atoms with van der Waals surface area (Å²) in [6.45, 7) is 0. The number of carboxylic acid groups (broad SMARTS) is 2. The maximum absolute atomic E-state index is 11.7. The van der Waals surface area contributed by atoms with E-state index in [1.807, 2.05) is 6.26 Å². The van der Waals surface area contributed by atoms with Crippen molar-refractivity contribution in [2.75, 3.05) is 19.1 Å². The number of esters is 1. The van der Waals surface area contributed by atoms with Gasteiger partial charge < -0.3 is 25.6 Å². The molecule has 0 aromatic heterocycles. The second-order valence-electron chi connectivity index (χ2n) is 4.30. The Bertz CT molecular complexity index is 416. The number of carbonyl (C=O) groups excluding carboxylic acids is 2. The first kappa shape index (κ1) is 20.0. The Morgan fingerprint density at radius 1 is 1.09 bits per heavy atom. The largest absolute Gasteiger partial charge is 0.481 e. The van der Waals surface area contributed by atoms with Crippen LogP contribution in [0.15, 0.2) is 0 Å². The lowest BCUT2D eigenvalue weighted by Crippen LogP contribution is -2.51. The summed E-state index contributed by atoms with van der Waals surface area (Å²) in [4.78, 5) is 44.7. The number of rotatable bonds is 10. The number of hydrogen-bond donors (Lipinski definition) is 4. The van der Waals surface area contributed by atoms with Crippen LogP contribution in [0.1, 0.15) is 19.3 Å². The monoisotopic (exact) mass is 336 g/mol. The van der Waals surface area contributed by atoms with Gasteiger partial charge in [0.05, 0.1) is 7.11 Å². The van der Waals surface area contributed by atoms with Crippen LogP contribution < -0.4 is 10.6 Å². The summed E-state index contributed by atoms with van der Waals surface area (Å²) in [5.74, 6) is -2.56. The fourth-order valence-corrected chi connectivity index (χ4v) is 1.98. The third-order valence-corrected chi connectivity index (χ3v) is 3.30. The van der Waals surface area contributed by atoms with Crippen LogP contribution in [-0.4, -0.2) is 65.4 Å². The fraction of sp³-hybridized carbons (Fsp3) is 0.667. The number of carbonyl (C=O) groups is 4. The Kier molecular flexibility index (Phi) is 9.75. The van der Waals surface area contributed by atoms with E-state index in [2.05, 4.69) is 15.4 Å². The summed E-state index contributed by atoms with van der Waals surface area (Å²) >= 11 is 1.48. The van der Waals surface area contributed by atoms with Crippen LogP contribution in [0, 0.1) is 0 Å². The molecule has 0 spiro atoms. The maximum Gasteiger partial charge on any atom is 0.328 e. The van der Waals surface area contributed by atoms with E-state index in [4.69, 9.17) is 10.2 Å². The lowest BCUT2D eigenvalue weighted by atomic mass is 10.1. The van der Waals surface area contributed by atoms with Crippen LogP contribution in [-0.2, 0) is 19.1 Å². The van der Waals surface area contributed by atoms with Gasteiger partial charge in [-0.2, -0.15) is 11.8 Å². The van der Waals surface area contributed by atoms with Crippen molar-refractivity contribution in [3.63, 3.8) is 0 Å². The standard InChI is InChI=1S/C12H20N2O7S/c1-21-11(19)8(5-6-22-2)14-12(20)13-7(10(17)18)3-4-9(15)16/h7-8H,3-6H2,1-2H3,(H,15,16)(H,17,18)(H2,13,14,20)/t7-,8-/m0/s1. The van der Waals surface area contributed by atoms with Crippen molar-refractivity contribution in [3.8, 4) is 0 Å². The van der Waals surface area contributed by atoms with Crippen molar-refractivity contribution >= 4 is 35.7 Å². The Hall–Kier alpha value is -1.97. The van der Waals surface area contributed by atoms with Gasteiger partial charge in [0.2, 0.25) is 0 Å². The molecule has 0 saturated heterocycles. The zero-order valence-corrected chi connectivity index (χ0v) is 13.1. The number of hydrogen-bond acceptors (Lipinski definition) is 6.